The van der Waals surface area contributed by atoms with Crippen LogP contribution < -0.4 is 25.6 Å². The summed E-state index contributed by atoms with van der Waals surface area (Å²) in [4.78, 5) is 23.5. The number of carbonyl (C=O) groups is 2. The predicted octanol–water partition coefficient (Wildman–Crippen LogP) is 1.47. The van der Waals surface area contributed by atoms with Crippen molar-refractivity contribution in [1.82, 2.24) is 16.2 Å². The smallest absolute Gasteiger partial charge is 0.333 e. The van der Waals surface area contributed by atoms with E-state index in [4.69, 9.17) is 9.47 Å². The Kier molecular flexibility index (Phi) is 4.81. The van der Waals surface area contributed by atoms with E-state index in [1.165, 1.54) is 0 Å². The minimum absolute atomic E-state index is 0.251. The summed E-state index contributed by atoms with van der Waals surface area (Å²) >= 11 is 0. The minimum atomic E-state index is -0.526. The fourth-order valence-corrected chi connectivity index (χ4v) is 2.19. The van der Waals surface area contributed by atoms with Crippen molar-refractivity contribution in [3.8, 4) is 11.5 Å². The van der Waals surface area contributed by atoms with Gasteiger partial charge in [0.05, 0.1) is 6.54 Å². The number of ether oxygens (including phenoxy) is 2. The van der Waals surface area contributed by atoms with Crippen LogP contribution in [0.3, 0.4) is 0 Å². The van der Waals surface area contributed by atoms with Gasteiger partial charge in [-0.3, -0.25) is 10.2 Å². The van der Waals surface area contributed by atoms with Gasteiger partial charge in [0.1, 0.15) is 6.61 Å². The summed E-state index contributed by atoms with van der Waals surface area (Å²) in [5, 5.41) is 2.62. The SMILES string of the molecule is O=C(NC[C@@H]1COc2ccccc2O1)NNC(=O)c1ccccc1. The van der Waals surface area contributed by atoms with Crippen molar-refractivity contribution in [2.45, 2.75) is 6.10 Å². The molecule has 2 aromatic carbocycles. The van der Waals surface area contributed by atoms with E-state index in [1.54, 1.807) is 30.3 Å². The molecule has 0 unspecified atom stereocenters. The molecule has 0 radical (unpaired) electrons. The normalized spacial score (nSPS) is 15.2. The Morgan fingerprint density at radius 1 is 0.958 bits per heavy atom. The number of hydrazine groups is 1. The zero-order valence-electron chi connectivity index (χ0n) is 12.8. The number of urea groups is 1. The first-order chi connectivity index (χ1) is 11.7. The molecule has 1 atom stereocenters. The lowest BCUT2D eigenvalue weighted by Gasteiger charge is -2.26. The van der Waals surface area contributed by atoms with Gasteiger partial charge in [-0.15, -0.1) is 0 Å². The summed E-state index contributed by atoms with van der Waals surface area (Å²) in [6.45, 7) is 0.592. The second kappa shape index (κ2) is 7.36. The van der Waals surface area contributed by atoms with E-state index >= 15 is 0 Å². The number of nitrogens with one attached hydrogen (secondary N) is 3. The molecule has 0 aromatic heterocycles. The van der Waals surface area contributed by atoms with Crippen molar-refractivity contribution in [1.29, 1.82) is 0 Å². The largest absolute Gasteiger partial charge is 0.486 e. The van der Waals surface area contributed by atoms with Crippen LogP contribution in [0.15, 0.2) is 54.6 Å². The molecule has 0 aliphatic carbocycles. The van der Waals surface area contributed by atoms with Crippen molar-refractivity contribution in [3.63, 3.8) is 0 Å². The van der Waals surface area contributed by atoms with E-state index in [1.807, 2.05) is 24.3 Å². The molecule has 1 aliphatic heterocycles. The lowest BCUT2D eigenvalue weighted by Crippen LogP contribution is -2.50. The van der Waals surface area contributed by atoms with E-state index in [9.17, 15) is 9.59 Å². The van der Waals surface area contributed by atoms with Crippen LogP contribution in [0.2, 0.25) is 0 Å². The lowest BCUT2D eigenvalue weighted by molar-refractivity contribution is 0.0901. The highest BCUT2D eigenvalue weighted by Crippen LogP contribution is 2.30. The maximum atomic E-state index is 11.8. The summed E-state index contributed by atoms with van der Waals surface area (Å²) in [5.41, 5.74) is 5.08. The van der Waals surface area contributed by atoms with Crippen LogP contribution in [0.25, 0.3) is 0 Å². The van der Waals surface area contributed by atoms with Crippen LogP contribution in [0, 0.1) is 0 Å². The number of rotatable bonds is 3. The molecule has 1 heterocycles. The molecule has 3 amide bonds. The van der Waals surface area contributed by atoms with Crippen LogP contribution in [0.4, 0.5) is 4.79 Å². The number of fused-ring (bicyclic) bond motifs is 1. The van der Waals surface area contributed by atoms with Gasteiger partial charge in [0, 0.05) is 5.56 Å². The van der Waals surface area contributed by atoms with Gasteiger partial charge in [-0.05, 0) is 24.3 Å². The van der Waals surface area contributed by atoms with Gasteiger partial charge in [0.2, 0.25) is 0 Å². The van der Waals surface area contributed by atoms with Gasteiger partial charge in [0.15, 0.2) is 17.6 Å². The van der Waals surface area contributed by atoms with E-state index in [0.717, 1.165) is 0 Å². The van der Waals surface area contributed by atoms with Crippen LogP contribution in [0.1, 0.15) is 10.4 Å². The second-order valence-corrected chi connectivity index (χ2v) is 5.15. The number of benzene rings is 2. The Morgan fingerprint density at radius 3 is 2.46 bits per heavy atom. The lowest BCUT2D eigenvalue weighted by atomic mass is 10.2. The van der Waals surface area contributed by atoms with Gasteiger partial charge in [-0.2, -0.15) is 0 Å². The first-order valence-electron chi connectivity index (χ1n) is 7.50. The van der Waals surface area contributed by atoms with Crippen LogP contribution in [0.5, 0.6) is 11.5 Å². The summed E-state index contributed by atoms with van der Waals surface area (Å²) in [7, 11) is 0. The molecule has 2 aromatic rings. The summed E-state index contributed by atoms with van der Waals surface area (Å²) < 4.78 is 11.3. The molecule has 24 heavy (non-hydrogen) atoms. The fraction of sp³-hybridized carbons (Fsp3) is 0.176. The molecular formula is C17H17N3O4. The van der Waals surface area contributed by atoms with E-state index < -0.39 is 11.9 Å². The predicted molar refractivity (Wildman–Crippen MR) is 86.8 cm³/mol. The number of carbonyl (C=O) groups excluding carboxylic acids is 2. The summed E-state index contributed by atoms with van der Waals surface area (Å²) in [6, 6.07) is 15.4. The average molecular weight is 327 g/mol. The standard InChI is InChI=1S/C17H17N3O4/c21-16(12-6-2-1-3-7-12)19-20-17(22)18-10-13-11-23-14-8-4-5-9-15(14)24-13/h1-9,13H,10-11H2,(H,19,21)(H2,18,20,22)/t13-/m1/s1. The fourth-order valence-electron chi connectivity index (χ4n) is 2.19. The van der Waals surface area contributed by atoms with Gasteiger partial charge in [-0.1, -0.05) is 30.3 Å². The molecular weight excluding hydrogens is 310 g/mol. The number of hydrogen-bond acceptors (Lipinski definition) is 4. The van der Waals surface area contributed by atoms with Crippen LogP contribution in [-0.4, -0.2) is 31.2 Å². The van der Waals surface area contributed by atoms with Crippen molar-refractivity contribution < 1.29 is 19.1 Å². The number of amides is 3. The van der Waals surface area contributed by atoms with Crippen molar-refractivity contribution in [2.75, 3.05) is 13.2 Å². The first-order valence-corrected chi connectivity index (χ1v) is 7.50. The molecule has 3 rings (SSSR count). The third kappa shape index (κ3) is 3.95. The van der Waals surface area contributed by atoms with Crippen LogP contribution >= 0.6 is 0 Å². The van der Waals surface area contributed by atoms with E-state index in [-0.39, 0.29) is 12.6 Å². The van der Waals surface area contributed by atoms with Crippen molar-refractivity contribution in [3.05, 3.63) is 60.2 Å². The molecule has 0 fully saturated rings. The number of para-hydroxylation sites is 2. The Morgan fingerprint density at radius 2 is 1.67 bits per heavy atom. The molecule has 7 heteroatoms. The highest BCUT2D eigenvalue weighted by Gasteiger charge is 2.21. The second-order valence-electron chi connectivity index (χ2n) is 5.15. The molecule has 0 saturated carbocycles. The summed E-state index contributed by atoms with van der Waals surface area (Å²) in [5.74, 6) is 0.943. The molecule has 0 bridgehead atoms. The maximum Gasteiger partial charge on any atom is 0.333 e. The molecule has 0 spiro atoms. The van der Waals surface area contributed by atoms with Gasteiger partial charge < -0.3 is 14.8 Å². The zero-order valence-corrected chi connectivity index (χ0v) is 12.8. The molecule has 7 nitrogen and oxygen atoms in total. The zero-order chi connectivity index (χ0) is 16.8. The minimum Gasteiger partial charge on any atom is -0.486 e. The molecule has 1 aliphatic rings. The third-order valence-electron chi connectivity index (χ3n) is 3.38. The van der Waals surface area contributed by atoms with E-state index in [0.29, 0.717) is 23.7 Å². The average Bonchev–Trinajstić information content (AvgIpc) is 2.65. The highest BCUT2D eigenvalue weighted by atomic mass is 16.6. The topological polar surface area (TPSA) is 88.7 Å². The summed E-state index contributed by atoms with van der Waals surface area (Å²) in [6.07, 6.45) is -0.296. The van der Waals surface area contributed by atoms with Crippen molar-refractivity contribution in [2.24, 2.45) is 0 Å². The quantitative estimate of drug-likeness (QED) is 0.745. The third-order valence-corrected chi connectivity index (χ3v) is 3.38. The van der Waals surface area contributed by atoms with Crippen LogP contribution in [-0.2, 0) is 0 Å². The van der Waals surface area contributed by atoms with Gasteiger partial charge in [0.25, 0.3) is 5.91 Å². The Balaban J connectivity index is 1.41. The van der Waals surface area contributed by atoms with Gasteiger partial charge in [-0.25, -0.2) is 10.2 Å². The molecule has 0 saturated heterocycles. The van der Waals surface area contributed by atoms with Crippen molar-refractivity contribution >= 4 is 11.9 Å². The maximum absolute atomic E-state index is 11.8. The van der Waals surface area contributed by atoms with E-state index in [2.05, 4.69) is 16.2 Å². The molecule has 124 valence electrons. The Hall–Kier alpha value is -3.22. The highest BCUT2D eigenvalue weighted by molar-refractivity contribution is 5.95. The Bertz CT molecular complexity index is 721. The monoisotopic (exact) mass is 327 g/mol. The number of hydrogen-bond donors (Lipinski definition) is 3. The molecule has 3 N–H and O–H groups in total. The Labute approximate surface area is 138 Å². The van der Waals surface area contributed by atoms with Gasteiger partial charge >= 0.3 is 6.03 Å². The first kappa shape index (κ1) is 15.7.